The first-order chi connectivity index (χ1) is 35.3. The summed E-state index contributed by atoms with van der Waals surface area (Å²) in [5.41, 5.74) is 11.7. The molecule has 0 spiro atoms. The molecule has 3 aliphatic rings. The molecule has 0 unspecified atom stereocenters. The molecule has 1 heterocycles. The molecule has 11 rings (SSSR count). The fraction of sp³-hybridized carbons (Fsp3) is 0.246. The number of amides is 1. The van der Waals surface area contributed by atoms with Crippen molar-refractivity contribution in [2.24, 2.45) is 5.92 Å². The van der Waals surface area contributed by atoms with Crippen molar-refractivity contribution < 1.29 is 24.5 Å². The Kier molecular flexibility index (Phi) is 12.9. The summed E-state index contributed by atoms with van der Waals surface area (Å²) in [5.74, 6) is 2.94. The zero-order valence-corrected chi connectivity index (χ0v) is 43.2. The van der Waals surface area contributed by atoms with Crippen LogP contribution in [-0.2, 0) is 11.0 Å². The summed E-state index contributed by atoms with van der Waals surface area (Å²) in [5, 5.41) is 26.2. The fourth-order valence-electron chi connectivity index (χ4n) is 12.0. The summed E-state index contributed by atoms with van der Waals surface area (Å²) in [6.45, 7) is 6.71. The van der Waals surface area contributed by atoms with Crippen LogP contribution in [0.5, 0.6) is 23.0 Å². The van der Waals surface area contributed by atoms with E-state index in [1.807, 2.05) is 72.8 Å². The minimum Gasteiger partial charge on any atom is -0.508 e. The monoisotopic (exact) mass is 1000 g/mol. The molecule has 2 aliphatic carbocycles. The maximum atomic E-state index is 13.7. The van der Waals surface area contributed by atoms with Gasteiger partial charge in [-0.3, -0.25) is 4.79 Å². The lowest BCUT2D eigenvalue weighted by Crippen LogP contribution is -2.35. The number of nitrogens with one attached hydrogen (secondary N) is 1. The first-order valence-electron chi connectivity index (χ1n) is 25.7. The number of phenolic OH excluding ortho intramolecular Hbond substituents is 2. The van der Waals surface area contributed by atoms with Crippen molar-refractivity contribution in [2.45, 2.75) is 89.1 Å². The third-order valence-electron chi connectivity index (χ3n) is 15.9. The molecule has 1 aliphatic heterocycles. The molecule has 73 heavy (non-hydrogen) atoms. The fourth-order valence-corrected chi connectivity index (χ4v) is 12.6. The molecule has 1 fully saturated rings. The van der Waals surface area contributed by atoms with Gasteiger partial charge in [-0.15, -0.1) is 0 Å². The Labute approximate surface area is 438 Å². The SMILES string of the molecule is CCCCCC1CCC(c2ccc(-c3ccc(NC(=O)c4ccc(-c5cc6c(cc5OC)C(C)(C)c5c7c(c8c(Cl)cc(Cl)cc8c5-6)OC(c5ccc(O)cc5)(c5ccc(O)cc5)C=C7)cc4)cc3)cc2)CC1. The molecule has 8 aromatic rings. The summed E-state index contributed by atoms with van der Waals surface area (Å²) in [7, 11) is 1.68. The van der Waals surface area contributed by atoms with Gasteiger partial charge in [0.05, 0.1) is 12.1 Å². The van der Waals surface area contributed by atoms with Crippen LogP contribution in [0.1, 0.15) is 122 Å². The standard InChI is InChI=1S/C65H59Cl2NO5/c1-5-6-7-8-39-9-11-40(12-10-39)41-13-15-42(16-14-41)43-21-27-49(28-22-43)68-63(71)45-19-17-44(18-20-45)53-37-54-56(38-58(53)72-4)64(2,3)61-52-33-34-65(46-23-29-50(69)30-24-46,47-25-31-51(70)32-26-47)73-62(52)60-55(59(54)61)35-48(66)36-57(60)67/h13-40,69-70H,5-12H2,1-4H3,(H,68,71). The van der Waals surface area contributed by atoms with Crippen molar-refractivity contribution in [1.29, 1.82) is 0 Å². The number of rotatable bonds is 12. The third kappa shape index (κ3) is 8.83. The number of ether oxygens (including phenoxy) is 2. The highest BCUT2D eigenvalue weighted by Crippen LogP contribution is 2.60. The predicted molar refractivity (Wildman–Crippen MR) is 299 cm³/mol. The second-order valence-electron chi connectivity index (χ2n) is 20.7. The molecule has 1 amide bonds. The summed E-state index contributed by atoms with van der Waals surface area (Å²) >= 11 is 14.1. The Bertz CT molecular complexity index is 3360. The smallest absolute Gasteiger partial charge is 0.255 e. The summed E-state index contributed by atoms with van der Waals surface area (Å²) in [6, 6.07) is 46.8. The zero-order chi connectivity index (χ0) is 50.6. The van der Waals surface area contributed by atoms with Gasteiger partial charge in [0.15, 0.2) is 5.60 Å². The molecule has 0 bridgehead atoms. The lowest BCUT2D eigenvalue weighted by Gasteiger charge is -2.38. The van der Waals surface area contributed by atoms with Crippen LogP contribution in [0.4, 0.5) is 5.69 Å². The van der Waals surface area contributed by atoms with E-state index >= 15 is 0 Å². The number of halogens is 2. The molecule has 6 nitrogen and oxygen atoms in total. The van der Waals surface area contributed by atoms with Crippen LogP contribution in [-0.4, -0.2) is 23.2 Å². The van der Waals surface area contributed by atoms with E-state index in [-0.39, 0.29) is 17.4 Å². The van der Waals surface area contributed by atoms with E-state index in [1.54, 1.807) is 37.4 Å². The number of hydrogen-bond acceptors (Lipinski definition) is 5. The number of aromatic hydroxyl groups is 2. The zero-order valence-electron chi connectivity index (χ0n) is 41.7. The van der Waals surface area contributed by atoms with Crippen molar-refractivity contribution in [3.63, 3.8) is 0 Å². The first-order valence-corrected chi connectivity index (χ1v) is 26.4. The summed E-state index contributed by atoms with van der Waals surface area (Å²) in [4.78, 5) is 13.7. The molecule has 0 aromatic heterocycles. The van der Waals surface area contributed by atoms with Crippen molar-refractivity contribution in [3.05, 3.63) is 201 Å². The number of carbonyl (C=O) groups excluding carboxylic acids is 1. The maximum Gasteiger partial charge on any atom is 0.255 e. The molecule has 0 atom stereocenters. The van der Waals surface area contributed by atoms with Crippen molar-refractivity contribution in [3.8, 4) is 56.4 Å². The second kappa shape index (κ2) is 19.5. The number of phenols is 2. The lowest BCUT2D eigenvalue weighted by molar-refractivity contribution is 0.102. The van der Waals surface area contributed by atoms with Gasteiger partial charge in [-0.1, -0.05) is 149 Å². The Balaban J connectivity index is 0.872. The number of hydrogen-bond donors (Lipinski definition) is 3. The van der Waals surface area contributed by atoms with Gasteiger partial charge in [0, 0.05) is 49.3 Å². The van der Waals surface area contributed by atoms with Gasteiger partial charge in [0.25, 0.3) is 5.91 Å². The third-order valence-corrected chi connectivity index (χ3v) is 16.5. The van der Waals surface area contributed by atoms with Gasteiger partial charge in [-0.2, -0.15) is 0 Å². The van der Waals surface area contributed by atoms with Gasteiger partial charge in [0.2, 0.25) is 0 Å². The number of fused-ring (bicyclic) bond motifs is 8. The van der Waals surface area contributed by atoms with Gasteiger partial charge < -0.3 is 25.0 Å². The Morgan fingerprint density at radius 3 is 1.96 bits per heavy atom. The Hall–Kier alpha value is -6.99. The summed E-state index contributed by atoms with van der Waals surface area (Å²) in [6.07, 6.45) is 14.9. The number of carbonyl (C=O) groups is 1. The topological polar surface area (TPSA) is 88.0 Å². The van der Waals surface area contributed by atoms with Crippen LogP contribution < -0.4 is 14.8 Å². The van der Waals surface area contributed by atoms with Crippen LogP contribution in [0.25, 0.3) is 50.2 Å². The van der Waals surface area contributed by atoms with E-state index in [4.69, 9.17) is 32.7 Å². The lowest BCUT2D eigenvalue weighted by atomic mass is 9.76. The minimum absolute atomic E-state index is 0.134. The first kappa shape index (κ1) is 48.3. The van der Waals surface area contributed by atoms with E-state index in [0.717, 1.165) is 72.6 Å². The number of anilines is 1. The van der Waals surface area contributed by atoms with Crippen LogP contribution >= 0.6 is 23.2 Å². The van der Waals surface area contributed by atoms with E-state index < -0.39 is 11.0 Å². The minimum atomic E-state index is -1.14. The van der Waals surface area contributed by atoms with Crippen LogP contribution in [0, 0.1) is 5.92 Å². The Morgan fingerprint density at radius 1 is 0.726 bits per heavy atom. The highest BCUT2D eigenvalue weighted by Gasteiger charge is 2.45. The largest absolute Gasteiger partial charge is 0.508 e. The maximum absolute atomic E-state index is 13.7. The van der Waals surface area contributed by atoms with Gasteiger partial charge in [-0.05, 0) is 166 Å². The molecule has 1 saturated carbocycles. The quantitative estimate of drug-likeness (QED) is 0.106. The Morgan fingerprint density at radius 2 is 1.34 bits per heavy atom. The van der Waals surface area contributed by atoms with E-state index in [9.17, 15) is 15.0 Å². The van der Waals surface area contributed by atoms with E-state index in [2.05, 4.69) is 80.7 Å². The highest BCUT2D eigenvalue weighted by atomic mass is 35.5. The second-order valence-corrected chi connectivity index (χ2v) is 21.6. The summed E-state index contributed by atoms with van der Waals surface area (Å²) < 4.78 is 13.5. The molecule has 3 N–H and O–H groups in total. The van der Waals surface area contributed by atoms with Crippen molar-refractivity contribution >= 4 is 51.6 Å². The highest BCUT2D eigenvalue weighted by molar-refractivity contribution is 6.40. The normalized spacial score (nSPS) is 17.1. The number of methoxy groups -OCH3 is 1. The molecular formula is C65H59Cl2NO5. The predicted octanol–water partition coefficient (Wildman–Crippen LogP) is 17.7. The van der Waals surface area contributed by atoms with Gasteiger partial charge in [0.1, 0.15) is 23.0 Å². The van der Waals surface area contributed by atoms with Crippen LogP contribution in [0.2, 0.25) is 10.0 Å². The molecule has 8 heteroatoms. The number of unbranched alkanes of at least 4 members (excludes halogenated alkanes) is 2. The average Bonchev–Trinajstić information content (AvgIpc) is 3.65. The van der Waals surface area contributed by atoms with Gasteiger partial charge in [-0.25, -0.2) is 0 Å². The van der Waals surface area contributed by atoms with Gasteiger partial charge >= 0.3 is 0 Å². The number of benzene rings is 8. The average molecular weight is 1010 g/mol. The van der Waals surface area contributed by atoms with E-state index in [1.165, 1.54) is 62.5 Å². The molecule has 0 saturated heterocycles. The molecule has 368 valence electrons. The van der Waals surface area contributed by atoms with Crippen molar-refractivity contribution in [1.82, 2.24) is 0 Å². The molecule has 0 radical (unpaired) electrons. The molecular weight excluding hydrogens is 946 g/mol. The molecule has 8 aromatic carbocycles. The van der Waals surface area contributed by atoms with Crippen LogP contribution in [0.15, 0.2) is 152 Å². The van der Waals surface area contributed by atoms with Crippen LogP contribution in [0.3, 0.4) is 0 Å². The van der Waals surface area contributed by atoms with E-state index in [0.29, 0.717) is 38.4 Å². The van der Waals surface area contributed by atoms with Crippen molar-refractivity contribution in [2.75, 3.05) is 12.4 Å².